The van der Waals surface area contributed by atoms with E-state index < -0.39 is 0 Å². The van der Waals surface area contributed by atoms with Crippen LogP contribution in [0.15, 0.2) is 16.5 Å². The van der Waals surface area contributed by atoms with Crippen molar-refractivity contribution in [1.82, 2.24) is 0 Å². The molecule has 0 saturated heterocycles. The van der Waals surface area contributed by atoms with Crippen molar-refractivity contribution in [2.24, 2.45) is 0 Å². The Morgan fingerprint density at radius 3 is 2.11 bits per heavy atom. The molecule has 1 heterocycles. The normalized spacial score (nSPS) is 10.4. The molecular weight excluding hydrogens is 224 g/mol. The minimum atomic E-state index is 0.198. The number of nitrogens with two attached hydrogens (primary N) is 1. The quantitative estimate of drug-likeness (QED) is 0.827. The van der Waals surface area contributed by atoms with Gasteiger partial charge in [-0.15, -0.1) is 0 Å². The van der Waals surface area contributed by atoms with E-state index >= 15 is 0 Å². The van der Waals surface area contributed by atoms with Crippen LogP contribution >= 0.6 is 0 Å². The summed E-state index contributed by atoms with van der Waals surface area (Å²) in [6, 6.07) is 6.34. The molecule has 0 spiro atoms. The Kier molecular flexibility index (Phi) is 2.88. The summed E-state index contributed by atoms with van der Waals surface area (Å²) in [5.41, 5.74) is 11.5. The number of nitrogens with zero attached hydrogens (tertiary/aromatic N) is 1. The fourth-order valence-corrected chi connectivity index (χ4v) is 2.55. The van der Waals surface area contributed by atoms with E-state index in [9.17, 15) is 5.26 Å². The Balaban J connectivity index is 2.82. The van der Waals surface area contributed by atoms with E-state index in [0.29, 0.717) is 11.3 Å². The molecule has 2 N–H and O–H groups in total. The third-order valence-electron chi connectivity index (χ3n) is 3.15. The van der Waals surface area contributed by atoms with Crippen molar-refractivity contribution >= 4 is 5.88 Å². The highest BCUT2D eigenvalue weighted by Crippen LogP contribution is 2.37. The van der Waals surface area contributed by atoms with Crippen molar-refractivity contribution in [3.63, 3.8) is 0 Å². The predicted molar refractivity (Wildman–Crippen MR) is 72.2 cm³/mol. The van der Waals surface area contributed by atoms with Gasteiger partial charge in [-0.3, -0.25) is 0 Å². The van der Waals surface area contributed by atoms with Gasteiger partial charge >= 0.3 is 0 Å². The van der Waals surface area contributed by atoms with Gasteiger partial charge in [0.05, 0.1) is 0 Å². The number of furan rings is 1. The highest BCUT2D eigenvalue weighted by molar-refractivity contribution is 5.81. The summed E-state index contributed by atoms with van der Waals surface area (Å²) in [4.78, 5) is 0. The van der Waals surface area contributed by atoms with E-state index in [4.69, 9.17) is 10.2 Å². The van der Waals surface area contributed by atoms with Gasteiger partial charge in [-0.25, -0.2) is 0 Å². The zero-order chi connectivity index (χ0) is 13.4. The maximum atomic E-state index is 9.22. The molecule has 0 unspecified atom stereocenters. The maximum Gasteiger partial charge on any atom is 0.209 e. The van der Waals surface area contributed by atoms with Gasteiger partial charge in [0.15, 0.2) is 0 Å². The molecule has 1 aromatic carbocycles. The highest BCUT2D eigenvalue weighted by Gasteiger charge is 2.20. The largest absolute Gasteiger partial charge is 0.444 e. The van der Waals surface area contributed by atoms with Crippen molar-refractivity contribution < 1.29 is 4.42 Å². The molecule has 2 aromatic rings. The van der Waals surface area contributed by atoms with Gasteiger partial charge in [0, 0.05) is 5.56 Å². The Morgan fingerprint density at radius 2 is 1.61 bits per heavy atom. The third kappa shape index (κ3) is 1.76. The Labute approximate surface area is 107 Å². The molecule has 92 valence electrons. The average Bonchev–Trinajstić information content (AvgIpc) is 2.52. The Morgan fingerprint density at radius 1 is 1.06 bits per heavy atom. The number of nitrogen functional groups attached to an aromatic ring is 1. The molecule has 3 heteroatoms. The van der Waals surface area contributed by atoms with Crippen LogP contribution in [0, 0.1) is 39.0 Å². The number of aryl methyl sites for hydroxylation is 4. The first-order valence-corrected chi connectivity index (χ1v) is 5.83. The Hall–Kier alpha value is -2.21. The summed E-state index contributed by atoms with van der Waals surface area (Å²) in [6.45, 7) is 7.98. The van der Waals surface area contributed by atoms with Gasteiger partial charge in [-0.05, 0) is 44.4 Å². The molecule has 0 aliphatic heterocycles. The topological polar surface area (TPSA) is 62.9 Å². The average molecular weight is 240 g/mol. The van der Waals surface area contributed by atoms with Crippen molar-refractivity contribution in [2.45, 2.75) is 27.7 Å². The maximum absolute atomic E-state index is 9.22. The first-order chi connectivity index (χ1) is 8.45. The molecule has 0 bridgehead atoms. The predicted octanol–water partition coefficient (Wildman–Crippen LogP) is 3.63. The molecule has 0 aliphatic carbocycles. The first-order valence-electron chi connectivity index (χ1n) is 5.83. The van der Waals surface area contributed by atoms with Gasteiger partial charge < -0.3 is 10.2 Å². The molecule has 3 nitrogen and oxygen atoms in total. The second kappa shape index (κ2) is 4.23. The lowest BCUT2D eigenvalue weighted by molar-refractivity contribution is 0.554. The summed E-state index contributed by atoms with van der Waals surface area (Å²) in [7, 11) is 0. The zero-order valence-electron chi connectivity index (χ0n) is 11.1. The number of nitriles is 1. The zero-order valence-corrected chi connectivity index (χ0v) is 11.1. The fraction of sp³-hybridized carbons (Fsp3) is 0.267. The molecule has 1 aromatic heterocycles. The second-order valence-corrected chi connectivity index (χ2v) is 4.66. The van der Waals surface area contributed by atoms with E-state index in [2.05, 4.69) is 25.1 Å². The summed E-state index contributed by atoms with van der Waals surface area (Å²) in [5.74, 6) is 0.892. The van der Waals surface area contributed by atoms with Crippen molar-refractivity contribution in [3.8, 4) is 17.2 Å². The molecule has 0 amide bonds. The number of hydrogen-bond donors (Lipinski definition) is 1. The van der Waals surface area contributed by atoms with E-state index in [1.165, 1.54) is 5.56 Å². The minimum Gasteiger partial charge on any atom is -0.444 e. The number of hydrogen-bond acceptors (Lipinski definition) is 3. The van der Waals surface area contributed by atoms with E-state index in [-0.39, 0.29) is 5.88 Å². The Bertz CT molecular complexity index is 637. The van der Waals surface area contributed by atoms with Crippen molar-refractivity contribution in [1.29, 1.82) is 5.26 Å². The summed E-state index contributed by atoms with van der Waals surface area (Å²) >= 11 is 0. The minimum absolute atomic E-state index is 0.198. The molecule has 0 atom stereocenters. The first kappa shape index (κ1) is 12.3. The molecule has 0 saturated carbocycles. The number of benzene rings is 1. The molecular formula is C15H16N2O. The van der Waals surface area contributed by atoms with E-state index in [0.717, 1.165) is 22.3 Å². The number of rotatable bonds is 1. The van der Waals surface area contributed by atoms with Gasteiger partial charge in [-0.1, -0.05) is 17.7 Å². The standard InChI is InChI=1S/C15H16N2O/c1-8-5-9(2)13(10(3)6-8)14-11(4)18-15(17)12(14)7-16/h5-6H,17H2,1-4H3. The van der Waals surface area contributed by atoms with Crippen LogP contribution in [0.4, 0.5) is 5.88 Å². The third-order valence-corrected chi connectivity index (χ3v) is 3.15. The lowest BCUT2D eigenvalue weighted by atomic mass is 9.92. The van der Waals surface area contributed by atoms with Gasteiger partial charge in [0.1, 0.15) is 17.4 Å². The van der Waals surface area contributed by atoms with Crippen LogP contribution in [0.25, 0.3) is 11.1 Å². The summed E-state index contributed by atoms with van der Waals surface area (Å²) < 4.78 is 5.39. The van der Waals surface area contributed by atoms with Crippen LogP contribution in [0.1, 0.15) is 28.0 Å². The molecule has 18 heavy (non-hydrogen) atoms. The smallest absolute Gasteiger partial charge is 0.209 e. The van der Waals surface area contributed by atoms with Crippen LogP contribution in [0.3, 0.4) is 0 Å². The molecule has 0 fully saturated rings. The lowest BCUT2D eigenvalue weighted by Crippen LogP contribution is -1.93. The van der Waals surface area contributed by atoms with Crippen molar-refractivity contribution in [2.75, 3.05) is 5.73 Å². The lowest BCUT2D eigenvalue weighted by Gasteiger charge is -2.11. The molecule has 0 radical (unpaired) electrons. The van der Waals surface area contributed by atoms with Crippen LogP contribution in [0.5, 0.6) is 0 Å². The number of anilines is 1. The second-order valence-electron chi connectivity index (χ2n) is 4.66. The van der Waals surface area contributed by atoms with Crippen molar-refractivity contribution in [3.05, 3.63) is 40.1 Å². The molecule has 2 rings (SSSR count). The monoisotopic (exact) mass is 240 g/mol. The SMILES string of the molecule is Cc1cc(C)c(-c2c(C)oc(N)c2C#N)c(C)c1. The summed E-state index contributed by atoms with van der Waals surface area (Å²) in [5, 5.41) is 9.22. The van der Waals surface area contributed by atoms with E-state index in [1.54, 1.807) is 0 Å². The summed E-state index contributed by atoms with van der Waals surface area (Å²) in [6.07, 6.45) is 0. The fourth-order valence-electron chi connectivity index (χ4n) is 2.55. The van der Waals surface area contributed by atoms with Crippen LogP contribution < -0.4 is 5.73 Å². The van der Waals surface area contributed by atoms with Gasteiger partial charge in [-0.2, -0.15) is 5.26 Å². The highest BCUT2D eigenvalue weighted by atomic mass is 16.4. The van der Waals surface area contributed by atoms with Crippen LogP contribution in [-0.4, -0.2) is 0 Å². The van der Waals surface area contributed by atoms with E-state index in [1.807, 2.05) is 20.8 Å². The molecule has 0 aliphatic rings. The van der Waals surface area contributed by atoms with Crippen LogP contribution in [0.2, 0.25) is 0 Å². The van der Waals surface area contributed by atoms with Crippen LogP contribution in [-0.2, 0) is 0 Å². The van der Waals surface area contributed by atoms with Gasteiger partial charge in [0.2, 0.25) is 5.88 Å². The van der Waals surface area contributed by atoms with Gasteiger partial charge in [0.25, 0.3) is 0 Å².